The van der Waals surface area contributed by atoms with Crippen molar-refractivity contribution in [3.8, 4) is 5.75 Å². The molecule has 1 atom stereocenters. The Bertz CT molecular complexity index is 645. The van der Waals surface area contributed by atoms with Crippen molar-refractivity contribution in [1.29, 1.82) is 0 Å². The minimum atomic E-state index is 0.258. The van der Waals surface area contributed by atoms with Crippen LogP contribution in [0.5, 0.6) is 5.75 Å². The van der Waals surface area contributed by atoms with Crippen LogP contribution < -0.4 is 4.74 Å². The highest BCUT2D eigenvalue weighted by atomic mass is 16.5. The number of hydrogen-bond acceptors (Lipinski definition) is 3. The van der Waals surface area contributed by atoms with Gasteiger partial charge in [0, 0.05) is 7.11 Å². The van der Waals surface area contributed by atoms with E-state index in [1.165, 1.54) is 5.57 Å². The molecule has 1 aliphatic rings. The van der Waals surface area contributed by atoms with Crippen molar-refractivity contribution in [3.05, 3.63) is 65.5 Å². The average Bonchev–Trinajstić information content (AvgIpc) is 2.84. The van der Waals surface area contributed by atoms with E-state index in [0.29, 0.717) is 25.7 Å². The second-order valence-corrected chi connectivity index (χ2v) is 7.74. The fourth-order valence-corrected chi connectivity index (χ4v) is 2.72. The fraction of sp³-hybridized carbons (Fsp3) is 0.478. The summed E-state index contributed by atoms with van der Waals surface area (Å²) in [6.45, 7) is 10.8. The Morgan fingerprint density at radius 3 is 2.31 bits per heavy atom. The molecule has 0 bridgehead atoms. The van der Waals surface area contributed by atoms with Gasteiger partial charge in [-0.1, -0.05) is 52.0 Å². The standard InChI is InChI=1S/C23H32O3/c1-18(23(2,3)4)20-7-6-8-21(14-11-20)25-15-16-26-22-12-9-19(10-13-22)17-24-5/h7-14,18H,6,15-17H2,1-5H3. The second-order valence-electron chi connectivity index (χ2n) is 7.74. The number of ether oxygens (including phenoxy) is 3. The van der Waals surface area contributed by atoms with E-state index in [0.717, 1.165) is 23.5 Å². The van der Waals surface area contributed by atoms with E-state index < -0.39 is 0 Å². The Hall–Kier alpha value is -2.00. The molecule has 0 heterocycles. The normalized spacial score (nSPS) is 15.7. The molecule has 1 aliphatic carbocycles. The van der Waals surface area contributed by atoms with Crippen molar-refractivity contribution in [1.82, 2.24) is 0 Å². The molecule has 1 aromatic rings. The zero-order chi connectivity index (χ0) is 19.0. The van der Waals surface area contributed by atoms with Gasteiger partial charge in [0.15, 0.2) is 0 Å². The van der Waals surface area contributed by atoms with Crippen LogP contribution in [0, 0.1) is 11.3 Å². The number of rotatable bonds is 8. The van der Waals surface area contributed by atoms with E-state index in [1.807, 2.05) is 24.3 Å². The third-order valence-corrected chi connectivity index (χ3v) is 4.77. The summed E-state index contributed by atoms with van der Waals surface area (Å²) in [7, 11) is 1.70. The molecular formula is C23H32O3. The Labute approximate surface area is 158 Å². The Morgan fingerprint density at radius 1 is 0.962 bits per heavy atom. The predicted octanol–water partition coefficient (Wildman–Crippen LogP) is 5.68. The topological polar surface area (TPSA) is 27.7 Å². The van der Waals surface area contributed by atoms with Crippen molar-refractivity contribution in [2.24, 2.45) is 11.3 Å². The van der Waals surface area contributed by atoms with E-state index in [2.05, 4.69) is 52.0 Å². The van der Waals surface area contributed by atoms with Crippen molar-refractivity contribution in [2.75, 3.05) is 20.3 Å². The first-order chi connectivity index (χ1) is 12.4. The van der Waals surface area contributed by atoms with Gasteiger partial charge in [-0.05, 0) is 53.2 Å². The molecule has 0 aliphatic heterocycles. The summed E-state index contributed by atoms with van der Waals surface area (Å²) in [5.74, 6) is 2.27. The van der Waals surface area contributed by atoms with Crippen LogP contribution in [0.15, 0.2) is 59.9 Å². The molecule has 142 valence electrons. The first-order valence-electron chi connectivity index (χ1n) is 9.32. The van der Waals surface area contributed by atoms with Crippen molar-refractivity contribution in [2.45, 2.75) is 40.7 Å². The zero-order valence-corrected chi connectivity index (χ0v) is 16.7. The lowest BCUT2D eigenvalue weighted by molar-refractivity contribution is 0.163. The maximum absolute atomic E-state index is 5.86. The molecule has 0 spiro atoms. The van der Waals surface area contributed by atoms with Crippen LogP contribution >= 0.6 is 0 Å². The Kier molecular flexibility index (Phi) is 7.52. The van der Waals surface area contributed by atoms with Gasteiger partial charge in [-0.15, -0.1) is 0 Å². The maximum Gasteiger partial charge on any atom is 0.122 e. The quantitative estimate of drug-likeness (QED) is 0.561. The molecule has 0 saturated carbocycles. The molecule has 0 aromatic heterocycles. The molecule has 3 heteroatoms. The number of methoxy groups -OCH3 is 1. The second kappa shape index (κ2) is 9.63. The first-order valence-corrected chi connectivity index (χ1v) is 9.32. The predicted molar refractivity (Wildman–Crippen MR) is 107 cm³/mol. The molecule has 0 fully saturated rings. The van der Waals surface area contributed by atoms with Gasteiger partial charge in [-0.2, -0.15) is 0 Å². The fourth-order valence-electron chi connectivity index (χ4n) is 2.72. The molecule has 2 rings (SSSR count). The van der Waals surface area contributed by atoms with Crippen LogP contribution in [0.3, 0.4) is 0 Å². The molecule has 0 radical (unpaired) electrons. The van der Waals surface area contributed by atoms with E-state index in [9.17, 15) is 0 Å². The maximum atomic E-state index is 5.86. The molecule has 0 amide bonds. The molecule has 0 saturated heterocycles. The van der Waals surface area contributed by atoms with E-state index in [1.54, 1.807) is 7.11 Å². The van der Waals surface area contributed by atoms with Gasteiger partial charge in [0.2, 0.25) is 0 Å². The van der Waals surface area contributed by atoms with Crippen LogP contribution in [0.25, 0.3) is 0 Å². The summed E-state index contributed by atoms with van der Waals surface area (Å²) in [5, 5.41) is 0. The first kappa shape index (κ1) is 20.3. The summed E-state index contributed by atoms with van der Waals surface area (Å²) in [6.07, 6.45) is 9.57. The van der Waals surface area contributed by atoms with Crippen molar-refractivity contribution >= 4 is 0 Å². The lowest BCUT2D eigenvalue weighted by Crippen LogP contribution is -2.18. The van der Waals surface area contributed by atoms with Crippen LogP contribution in [0.1, 0.15) is 39.7 Å². The van der Waals surface area contributed by atoms with Crippen LogP contribution in [-0.4, -0.2) is 20.3 Å². The third-order valence-electron chi connectivity index (χ3n) is 4.77. The zero-order valence-electron chi connectivity index (χ0n) is 16.7. The smallest absolute Gasteiger partial charge is 0.122 e. The minimum Gasteiger partial charge on any atom is -0.490 e. The van der Waals surface area contributed by atoms with Gasteiger partial charge in [0.1, 0.15) is 24.7 Å². The SMILES string of the molecule is COCc1ccc(OCCOC2=CCC=C(C(C)C(C)(C)C)C=C2)cc1. The van der Waals surface area contributed by atoms with E-state index >= 15 is 0 Å². The van der Waals surface area contributed by atoms with Crippen LogP contribution in [-0.2, 0) is 16.1 Å². The number of benzene rings is 1. The van der Waals surface area contributed by atoms with Gasteiger partial charge in [-0.25, -0.2) is 0 Å². The summed E-state index contributed by atoms with van der Waals surface area (Å²) >= 11 is 0. The molecule has 3 nitrogen and oxygen atoms in total. The highest BCUT2D eigenvalue weighted by Gasteiger charge is 2.22. The van der Waals surface area contributed by atoms with Gasteiger partial charge in [0.25, 0.3) is 0 Å². The van der Waals surface area contributed by atoms with Gasteiger partial charge in [-0.3, -0.25) is 0 Å². The van der Waals surface area contributed by atoms with Crippen LogP contribution in [0.2, 0.25) is 0 Å². The highest BCUT2D eigenvalue weighted by molar-refractivity contribution is 5.32. The van der Waals surface area contributed by atoms with Crippen molar-refractivity contribution in [3.63, 3.8) is 0 Å². The average molecular weight is 357 g/mol. The molecule has 1 unspecified atom stereocenters. The summed E-state index contributed by atoms with van der Waals surface area (Å²) in [5.41, 5.74) is 2.77. The highest BCUT2D eigenvalue weighted by Crippen LogP contribution is 2.33. The Balaban J connectivity index is 1.76. The van der Waals surface area contributed by atoms with Gasteiger partial charge in [0.05, 0.1) is 6.61 Å². The lowest BCUT2D eigenvalue weighted by Gasteiger charge is -2.28. The van der Waals surface area contributed by atoms with Gasteiger partial charge >= 0.3 is 0 Å². The lowest BCUT2D eigenvalue weighted by atomic mass is 9.77. The van der Waals surface area contributed by atoms with E-state index in [-0.39, 0.29) is 5.41 Å². The molecule has 1 aromatic carbocycles. The van der Waals surface area contributed by atoms with Crippen molar-refractivity contribution < 1.29 is 14.2 Å². The summed E-state index contributed by atoms with van der Waals surface area (Å²) in [6, 6.07) is 7.95. The van der Waals surface area contributed by atoms with Crippen LogP contribution in [0.4, 0.5) is 0 Å². The monoisotopic (exact) mass is 356 g/mol. The Morgan fingerprint density at radius 2 is 1.65 bits per heavy atom. The molecule has 26 heavy (non-hydrogen) atoms. The number of hydrogen-bond donors (Lipinski definition) is 0. The van der Waals surface area contributed by atoms with E-state index in [4.69, 9.17) is 14.2 Å². The largest absolute Gasteiger partial charge is 0.490 e. The molecular weight excluding hydrogens is 324 g/mol. The third kappa shape index (κ3) is 6.38. The molecule has 0 N–H and O–H groups in total. The minimum absolute atomic E-state index is 0.258. The number of allylic oxidation sites excluding steroid dienone is 5. The summed E-state index contributed by atoms with van der Waals surface area (Å²) in [4.78, 5) is 0. The summed E-state index contributed by atoms with van der Waals surface area (Å²) < 4.78 is 16.7. The van der Waals surface area contributed by atoms with Gasteiger partial charge < -0.3 is 14.2 Å².